The summed E-state index contributed by atoms with van der Waals surface area (Å²) in [6.45, 7) is 7.04. The van der Waals surface area contributed by atoms with Crippen LogP contribution in [0.4, 0.5) is 0 Å². The molecular formula is C19H24N2O3. The normalized spacial score (nSPS) is 20.0. The quantitative estimate of drug-likeness (QED) is 0.593. The van der Waals surface area contributed by atoms with Gasteiger partial charge in [-0.25, -0.2) is 0 Å². The van der Waals surface area contributed by atoms with Gasteiger partial charge in [0.2, 0.25) is 11.8 Å². The SMILES string of the molecule is C=C(C)C1OCCC1CNC(=O)CNC(=O)/C=C/c1ccccc1. The van der Waals surface area contributed by atoms with Gasteiger partial charge in [-0.15, -0.1) is 0 Å². The van der Waals surface area contributed by atoms with Crippen molar-refractivity contribution in [2.24, 2.45) is 5.92 Å². The summed E-state index contributed by atoms with van der Waals surface area (Å²) < 4.78 is 5.60. The third-order valence-corrected chi connectivity index (χ3v) is 3.91. The molecule has 2 atom stereocenters. The lowest BCUT2D eigenvalue weighted by molar-refractivity contribution is -0.124. The van der Waals surface area contributed by atoms with Gasteiger partial charge in [0.25, 0.3) is 0 Å². The molecule has 24 heavy (non-hydrogen) atoms. The monoisotopic (exact) mass is 328 g/mol. The highest BCUT2D eigenvalue weighted by Gasteiger charge is 2.28. The minimum Gasteiger partial charge on any atom is -0.374 e. The summed E-state index contributed by atoms with van der Waals surface area (Å²) in [4.78, 5) is 23.6. The number of amides is 2. The molecule has 2 N–H and O–H groups in total. The van der Waals surface area contributed by atoms with Crippen molar-refractivity contribution in [3.05, 3.63) is 54.1 Å². The van der Waals surface area contributed by atoms with Crippen molar-refractivity contribution in [1.29, 1.82) is 0 Å². The van der Waals surface area contributed by atoms with Crippen molar-refractivity contribution in [2.75, 3.05) is 19.7 Å². The summed E-state index contributed by atoms with van der Waals surface area (Å²) in [6, 6.07) is 9.51. The molecule has 0 radical (unpaired) electrons. The Morgan fingerprint density at radius 3 is 2.75 bits per heavy atom. The summed E-state index contributed by atoms with van der Waals surface area (Å²) in [6.07, 6.45) is 4.04. The van der Waals surface area contributed by atoms with Crippen molar-refractivity contribution < 1.29 is 14.3 Å². The minimum absolute atomic E-state index is 0.00805. The molecule has 0 aromatic heterocycles. The van der Waals surface area contributed by atoms with Gasteiger partial charge in [0.05, 0.1) is 12.6 Å². The molecule has 1 heterocycles. The zero-order valence-corrected chi connectivity index (χ0v) is 14.0. The fourth-order valence-electron chi connectivity index (χ4n) is 2.66. The van der Waals surface area contributed by atoms with Gasteiger partial charge >= 0.3 is 0 Å². The van der Waals surface area contributed by atoms with Gasteiger partial charge in [0.1, 0.15) is 0 Å². The number of ether oxygens (including phenoxy) is 1. The second-order valence-corrected chi connectivity index (χ2v) is 5.95. The molecule has 1 saturated heterocycles. The lowest BCUT2D eigenvalue weighted by atomic mass is 9.97. The summed E-state index contributed by atoms with van der Waals surface area (Å²) in [5.41, 5.74) is 1.91. The fourth-order valence-corrected chi connectivity index (χ4v) is 2.66. The molecule has 1 aliphatic heterocycles. The molecule has 0 spiro atoms. The Kier molecular flexibility index (Phi) is 6.75. The molecule has 128 valence electrons. The van der Waals surface area contributed by atoms with Gasteiger partial charge < -0.3 is 15.4 Å². The van der Waals surface area contributed by atoms with E-state index in [1.807, 2.05) is 37.3 Å². The van der Waals surface area contributed by atoms with E-state index in [0.29, 0.717) is 13.2 Å². The maximum Gasteiger partial charge on any atom is 0.244 e. The van der Waals surface area contributed by atoms with E-state index in [0.717, 1.165) is 17.6 Å². The molecule has 0 aliphatic carbocycles. The van der Waals surface area contributed by atoms with E-state index in [2.05, 4.69) is 17.2 Å². The first-order chi connectivity index (χ1) is 11.6. The smallest absolute Gasteiger partial charge is 0.244 e. The zero-order chi connectivity index (χ0) is 17.4. The number of hydrogen-bond acceptors (Lipinski definition) is 3. The molecule has 1 aliphatic rings. The molecule has 0 saturated carbocycles. The Morgan fingerprint density at radius 1 is 1.29 bits per heavy atom. The lowest BCUT2D eigenvalue weighted by Crippen LogP contribution is -2.39. The van der Waals surface area contributed by atoms with E-state index in [9.17, 15) is 9.59 Å². The van der Waals surface area contributed by atoms with Crippen LogP contribution in [0.5, 0.6) is 0 Å². The zero-order valence-electron chi connectivity index (χ0n) is 14.0. The van der Waals surface area contributed by atoms with Crippen LogP contribution in [0.2, 0.25) is 0 Å². The second kappa shape index (κ2) is 9.03. The number of nitrogens with one attached hydrogen (secondary N) is 2. The Labute approximate surface area is 142 Å². The van der Waals surface area contributed by atoms with Crippen LogP contribution in [-0.4, -0.2) is 37.6 Å². The topological polar surface area (TPSA) is 67.4 Å². The average molecular weight is 328 g/mol. The van der Waals surface area contributed by atoms with Crippen LogP contribution < -0.4 is 10.6 Å². The number of rotatable bonds is 7. The fraction of sp³-hybridized carbons (Fsp3) is 0.368. The van der Waals surface area contributed by atoms with Gasteiger partial charge in [-0.2, -0.15) is 0 Å². The maximum atomic E-state index is 11.8. The largest absolute Gasteiger partial charge is 0.374 e. The van der Waals surface area contributed by atoms with Crippen molar-refractivity contribution in [2.45, 2.75) is 19.4 Å². The first kappa shape index (κ1) is 17.9. The number of hydrogen-bond donors (Lipinski definition) is 2. The van der Waals surface area contributed by atoms with Crippen molar-refractivity contribution in [3.8, 4) is 0 Å². The van der Waals surface area contributed by atoms with Crippen molar-refractivity contribution in [3.63, 3.8) is 0 Å². The molecule has 1 fully saturated rings. The number of benzene rings is 1. The minimum atomic E-state index is -0.294. The van der Waals surface area contributed by atoms with Crippen molar-refractivity contribution >= 4 is 17.9 Å². The van der Waals surface area contributed by atoms with Crippen LogP contribution in [0.3, 0.4) is 0 Å². The molecular weight excluding hydrogens is 304 g/mol. The van der Waals surface area contributed by atoms with Gasteiger partial charge in [0, 0.05) is 25.1 Å². The van der Waals surface area contributed by atoms with Gasteiger partial charge in [-0.1, -0.05) is 42.5 Å². The van der Waals surface area contributed by atoms with E-state index in [1.54, 1.807) is 6.08 Å². The highest BCUT2D eigenvalue weighted by molar-refractivity contribution is 5.94. The Hall–Kier alpha value is -2.40. The second-order valence-electron chi connectivity index (χ2n) is 5.95. The predicted molar refractivity (Wildman–Crippen MR) is 94.2 cm³/mol. The predicted octanol–water partition coefficient (Wildman–Crippen LogP) is 1.91. The molecule has 1 aromatic rings. The maximum absolute atomic E-state index is 11.8. The van der Waals surface area contributed by atoms with Gasteiger partial charge in [-0.05, 0) is 25.0 Å². The summed E-state index contributed by atoms with van der Waals surface area (Å²) in [5.74, 6) is -0.248. The average Bonchev–Trinajstić information content (AvgIpc) is 3.06. The molecule has 5 nitrogen and oxygen atoms in total. The molecule has 2 rings (SSSR count). The van der Waals surface area contributed by atoms with E-state index >= 15 is 0 Å². The first-order valence-corrected chi connectivity index (χ1v) is 8.11. The van der Waals surface area contributed by atoms with E-state index in [-0.39, 0.29) is 30.4 Å². The lowest BCUT2D eigenvalue weighted by Gasteiger charge is -2.19. The van der Waals surface area contributed by atoms with E-state index in [1.165, 1.54) is 6.08 Å². The summed E-state index contributed by atoms with van der Waals surface area (Å²) in [5, 5.41) is 5.42. The Balaban J connectivity index is 1.68. The van der Waals surface area contributed by atoms with Crippen LogP contribution >= 0.6 is 0 Å². The molecule has 1 aromatic carbocycles. The van der Waals surface area contributed by atoms with Crippen LogP contribution in [0.1, 0.15) is 18.9 Å². The number of carbonyl (C=O) groups is 2. The molecule has 0 bridgehead atoms. The van der Waals surface area contributed by atoms with E-state index < -0.39 is 0 Å². The van der Waals surface area contributed by atoms with Crippen LogP contribution in [0, 0.1) is 5.92 Å². The highest BCUT2D eigenvalue weighted by Crippen LogP contribution is 2.24. The van der Waals surface area contributed by atoms with Crippen molar-refractivity contribution in [1.82, 2.24) is 10.6 Å². The number of carbonyl (C=O) groups excluding carboxylic acids is 2. The standard InChI is InChI=1S/C19H24N2O3/c1-14(2)19-16(10-11-24-19)12-20-18(23)13-21-17(22)9-8-15-6-4-3-5-7-15/h3-9,16,19H,1,10-13H2,2H3,(H,20,23)(H,21,22)/b9-8+. The molecule has 5 heteroatoms. The van der Waals surface area contributed by atoms with Gasteiger partial charge in [-0.3, -0.25) is 9.59 Å². The summed E-state index contributed by atoms with van der Waals surface area (Å²) >= 11 is 0. The van der Waals surface area contributed by atoms with Gasteiger partial charge in [0.15, 0.2) is 0 Å². The Bertz CT molecular complexity index is 610. The highest BCUT2D eigenvalue weighted by atomic mass is 16.5. The third kappa shape index (κ3) is 5.66. The van der Waals surface area contributed by atoms with Crippen LogP contribution in [0.25, 0.3) is 6.08 Å². The summed E-state index contributed by atoms with van der Waals surface area (Å²) in [7, 11) is 0. The Morgan fingerprint density at radius 2 is 2.04 bits per heavy atom. The molecule has 2 amide bonds. The first-order valence-electron chi connectivity index (χ1n) is 8.11. The van der Waals surface area contributed by atoms with Crippen LogP contribution in [-0.2, 0) is 14.3 Å². The van der Waals surface area contributed by atoms with Crippen LogP contribution in [0.15, 0.2) is 48.6 Å². The third-order valence-electron chi connectivity index (χ3n) is 3.91. The van der Waals surface area contributed by atoms with E-state index in [4.69, 9.17) is 4.74 Å². The molecule has 2 unspecified atom stereocenters.